The Morgan fingerprint density at radius 1 is 0.381 bits per heavy atom. The van der Waals surface area contributed by atoms with Gasteiger partial charge in [-0.05, 0) is 64.2 Å². The van der Waals surface area contributed by atoms with Gasteiger partial charge in [0, 0.05) is 27.4 Å². The number of hydrogen-bond donors (Lipinski definition) is 4. The Bertz CT molecular complexity index is 671. The Morgan fingerprint density at radius 3 is 0.762 bits per heavy atom. The first-order chi connectivity index (χ1) is 20.2. The van der Waals surface area contributed by atoms with E-state index in [0.29, 0.717) is 51.7 Å². The first kappa shape index (κ1) is 39.6. The predicted molar refractivity (Wildman–Crippen MR) is 147 cm³/mol. The van der Waals surface area contributed by atoms with Crippen LogP contribution in [0.25, 0.3) is 0 Å². The van der Waals surface area contributed by atoms with Gasteiger partial charge in [0.25, 0.3) is 0 Å². The highest BCUT2D eigenvalue weighted by atomic mass is 16.6. The van der Waals surface area contributed by atoms with E-state index in [9.17, 15) is 39.6 Å². The van der Waals surface area contributed by atoms with Crippen molar-refractivity contribution in [1.29, 1.82) is 0 Å². The third-order valence-corrected chi connectivity index (χ3v) is 6.07. The number of aliphatic hydroxyl groups is 4. The number of esters is 4. The normalized spacial score (nSPS) is 14.0. The van der Waals surface area contributed by atoms with E-state index in [2.05, 4.69) is 0 Å². The van der Waals surface area contributed by atoms with Crippen LogP contribution in [0.15, 0.2) is 0 Å². The molecule has 42 heavy (non-hydrogen) atoms. The predicted octanol–water partition coefficient (Wildman–Crippen LogP) is 0.577. The van der Waals surface area contributed by atoms with Crippen LogP contribution in [0.5, 0.6) is 0 Å². The van der Waals surface area contributed by atoms with Crippen molar-refractivity contribution in [3.63, 3.8) is 0 Å². The van der Waals surface area contributed by atoms with Crippen molar-refractivity contribution in [2.45, 2.75) is 101 Å². The molecule has 0 amide bonds. The van der Waals surface area contributed by atoms with Crippen LogP contribution in [0.4, 0.5) is 0 Å². The van der Waals surface area contributed by atoms with Crippen molar-refractivity contribution in [2.24, 2.45) is 0 Å². The third-order valence-electron chi connectivity index (χ3n) is 6.07. The SMILES string of the molecule is COCCCCCCOC(=O)[C@H](O)[C@@H](O)C(=O)OCCCCCCOC(=O)[C@H](O)[C@@H](O)C(=O)OCCCCCCOC. The summed E-state index contributed by atoms with van der Waals surface area (Å²) >= 11 is 0. The summed E-state index contributed by atoms with van der Waals surface area (Å²) < 4.78 is 29.4. The van der Waals surface area contributed by atoms with Crippen LogP contribution in [0.1, 0.15) is 77.0 Å². The number of aliphatic hydroxyl groups excluding tert-OH is 4. The van der Waals surface area contributed by atoms with E-state index < -0.39 is 48.3 Å². The average Bonchev–Trinajstić information content (AvgIpc) is 2.99. The molecule has 0 aliphatic rings. The molecule has 0 spiro atoms. The highest BCUT2D eigenvalue weighted by Crippen LogP contribution is 2.07. The summed E-state index contributed by atoms with van der Waals surface area (Å²) in [6, 6.07) is 0. The molecule has 0 saturated carbocycles. The maximum absolute atomic E-state index is 11.9. The molecule has 4 atom stereocenters. The van der Waals surface area contributed by atoms with Gasteiger partial charge in [-0.15, -0.1) is 0 Å². The minimum Gasteiger partial charge on any atom is -0.464 e. The molecule has 0 aliphatic carbocycles. The van der Waals surface area contributed by atoms with Gasteiger partial charge in [0.05, 0.1) is 26.4 Å². The van der Waals surface area contributed by atoms with Gasteiger partial charge in [-0.25, -0.2) is 19.2 Å². The van der Waals surface area contributed by atoms with E-state index in [4.69, 9.17) is 28.4 Å². The number of carbonyl (C=O) groups is 4. The molecule has 14 nitrogen and oxygen atoms in total. The smallest absolute Gasteiger partial charge is 0.338 e. The topological polar surface area (TPSA) is 205 Å². The minimum absolute atomic E-state index is 0.0579. The van der Waals surface area contributed by atoms with Crippen LogP contribution in [0, 0.1) is 0 Å². The van der Waals surface area contributed by atoms with E-state index in [1.165, 1.54) is 0 Å². The lowest BCUT2D eigenvalue weighted by molar-refractivity contribution is -0.173. The number of methoxy groups -OCH3 is 2. The fraction of sp³-hybridized carbons (Fsp3) is 0.857. The Balaban J connectivity index is 3.91. The lowest BCUT2D eigenvalue weighted by Gasteiger charge is -2.16. The lowest BCUT2D eigenvalue weighted by Crippen LogP contribution is -2.41. The lowest BCUT2D eigenvalue weighted by atomic mass is 10.2. The van der Waals surface area contributed by atoms with E-state index in [-0.39, 0.29) is 26.4 Å². The van der Waals surface area contributed by atoms with Gasteiger partial charge < -0.3 is 48.8 Å². The van der Waals surface area contributed by atoms with Crippen LogP contribution in [-0.4, -0.2) is 123 Å². The fourth-order valence-electron chi connectivity index (χ4n) is 3.51. The standard InChI is InChI=1S/C28H50O14/c1-37-15-9-3-5-11-17-39-25(33)21(29)23(31)27(35)41-19-13-7-8-14-20-42-28(36)24(32)22(30)26(34)40-18-12-6-4-10-16-38-2/h21-24,29-32H,3-20H2,1-2H3/t21-,22-,23-,24-/m1/s1. The van der Waals surface area contributed by atoms with E-state index >= 15 is 0 Å². The fourth-order valence-corrected chi connectivity index (χ4v) is 3.51. The monoisotopic (exact) mass is 610 g/mol. The van der Waals surface area contributed by atoms with Crippen LogP contribution in [-0.2, 0) is 47.6 Å². The molecular formula is C28H50O14. The number of unbranched alkanes of at least 4 members (excludes halogenated alkanes) is 9. The molecule has 246 valence electrons. The molecule has 0 heterocycles. The molecule has 0 saturated heterocycles. The third kappa shape index (κ3) is 19.7. The van der Waals surface area contributed by atoms with Crippen molar-refractivity contribution in [1.82, 2.24) is 0 Å². The van der Waals surface area contributed by atoms with Crippen LogP contribution in [0.3, 0.4) is 0 Å². The molecular weight excluding hydrogens is 560 g/mol. The highest BCUT2D eigenvalue weighted by molar-refractivity contribution is 5.85. The summed E-state index contributed by atoms with van der Waals surface area (Å²) in [4.78, 5) is 47.3. The summed E-state index contributed by atoms with van der Waals surface area (Å²) in [7, 11) is 3.23. The second kappa shape index (κ2) is 26.3. The molecule has 0 aromatic rings. The van der Waals surface area contributed by atoms with E-state index in [1.807, 2.05) is 0 Å². The van der Waals surface area contributed by atoms with Gasteiger partial charge in [0.15, 0.2) is 24.4 Å². The van der Waals surface area contributed by atoms with Crippen LogP contribution >= 0.6 is 0 Å². The molecule has 0 aromatic carbocycles. The summed E-state index contributed by atoms with van der Waals surface area (Å²) in [6.07, 6.45) is 0.0120. The van der Waals surface area contributed by atoms with Crippen molar-refractivity contribution >= 4 is 23.9 Å². The van der Waals surface area contributed by atoms with Crippen molar-refractivity contribution in [3.05, 3.63) is 0 Å². The number of ether oxygens (including phenoxy) is 6. The minimum atomic E-state index is -2.07. The number of carbonyl (C=O) groups excluding carboxylic acids is 4. The maximum Gasteiger partial charge on any atom is 0.338 e. The largest absolute Gasteiger partial charge is 0.464 e. The molecule has 0 fully saturated rings. The summed E-state index contributed by atoms with van der Waals surface area (Å²) in [6.45, 7) is 1.27. The van der Waals surface area contributed by atoms with Crippen LogP contribution in [0.2, 0.25) is 0 Å². The first-order valence-electron chi connectivity index (χ1n) is 14.5. The first-order valence-corrected chi connectivity index (χ1v) is 14.5. The van der Waals surface area contributed by atoms with Gasteiger partial charge in [0.1, 0.15) is 0 Å². The van der Waals surface area contributed by atoms with Crippen molar-refractivity contribution < 1.29 is 68.0 Å². The highest BCUT2D eigenvalue weighted by Gasteiger charge is 2.33. The van der Waals surface area contributed by atoms with Crippen molar-refractivity contribution in [2.75, 3.05) is 53.9 Å². The zero-order valence-electron chi connectivity index (χ0n) is 24.9. The molecule has 14 heteroatoms. The van der Waals surface area contributed by atoms with Crippen LogP contribution < -0.4 is 0 Å². The number of hydrogen-bond acceptors (Lipinski definition) is 14. The van der Waals surface area contributed by atoms with Gasteiger partial charge >= 0.3 is 23.9 Å². The molecule has 4 N–H and O–H groups in total. The summed E-state index contributed by atoms with van der Waals surface area (Å²) in [5.74, 6) is -4.52. The Morgan fingerprint density at radius 2 is 0.571 bits per heavy atom. The second-order valence-electron chi connectivity index (χ2n) is 9.68. The Labute approximate surface area is 247 Å². The summed E-state index contributed by atoms with van der Waals surface area (Å²) in [5.41, 5.74) is 0. The zero-order chi connectivity index (χ0) is 31.6. The van der Waals surface area contributed by atoms with Gasteiger partial charge in [-0.1, -0.05) is 12.8 Å². The molecule has 0 aliphatic heterocycles. The van der Waals surface area contributed by atoms with Crippen molar-refractivity contribution in [3.8, 4) is 0 Å². The number of rotatable bonds is 27. The van der Waals surface area contributed by atoms with E-state index in [0.717, 1.165) is 38.5 Å². The van der Waals surface area contributed by atoms with Gasteiger partial charge in [0.2, 0.25) is 0 Å². The zero-order valence-corrected chi connectivity index (χ0v) is 24.9. The average molecular weight is 611 g/mol. The molecule has 0 radical (unpaired) electrons. The summed E-state index contributed by atoms with van der Waals surface area (Å²) in [5, 5.41) is 39.3. The van der Waals surface area contributed by atoms with Gasteiger partial charge in [-0.3, -0.25) is 0 Å². The van der Waals surface area contributed by atoms with Gasteiger partial charge in [-0.2, -0.15) is 0 Å². The second-order valence-corrected chi connectivity index (χ2v) is 9.68. The maximum atomic E-state index is 11.9. The Hall–Kier alpha value is -2.36. The van der Waals surface area contributed by atoms with E-state index in [1.54, 1.807) is 14.2 Å². The molecule has 0 unspecified atom stereocenters. The Kier molecular flexibility index (Phi) is 24.8. The molecule has 0 bridgehead atoms. The quantitative estimate of drug-likeness (QED) is 0.0571. The molecule has 0 rings (SSSR count). The molecule has 0 aromatic heterocycles.